The molecule has 0 radical (unpaired) electrons. The summed E-state index contributed by atoms with van der Waals surface area (Å²) in [6.07, 6.45) is 0.936. The lowest BCUT2D eigenvalue weighted by molar-refractivity contribution is 0.628. The molecule has 0 fully saturated rings. The molecule has 0 heterocycles. The van der Waals surface area contributed by atoms with Crippen LogP contribution in [0.15, 0.2) is 36.4 Å². The number of anilines is 3. The van der Waals surface area contributed by atoms with Crippen molar-refractivity contribution in [2.45, 2.75) is 20.3 Å². The van der Waals surface area contributed by atoms with E-state index in [0.29, 0.717) is 5.69 Å². The van der Waals surface area contributed by atoms with E-state index in [1.165, 1.54) is 17.7 Å². The third-order valence-electron chi connectivity index (χ3n) is 3.01. The van der Waals surface area contributed by atoms with E-state index in [0.717, 1.165) is 23.4 Å². The molecule has 0 unspecified atom stereocenters. The van der Waals surface area contributed by atoms with E-state index in [2.05, 4.69) is 18.3 Å². The third-order valence-corrected chi connectivity index (χ3v) is 3.01. The monoisotopic (exact) mass is 244 g/mol. The van der Waals surface area contributed by atoms with Crippen LogP contribution in [0.1, 0.15) is 18.1 Å². The highest BCUT2D eigenvalue weighted by Gasteiger charge is 2.07. The first-order valence-corrected chi connectivity index (χ1v) is 6.02. The van der Waals surface area contributed by atoms with Crippen LogP contribution in [0.3, 0.4) is 0 Å². The predicted molar refractivity (Wildman–Crippen MR) is 74.7 cm³/mol. The summed E-state index contributed by atoms with van der Waals surface area (Å²) in [5.74, 6) is -0.321. The van der Waals surface area contributed by atoms with Crippen molar-refractivity contribution in [1.82, 2.24) is 0 Å². The average molecular weight is 244 g/mol. The minimum atomic E-state index is -0.321. The Hall–Kier alpha value is -2.03. The molecule has 0 amide bonds. The second-order valence-electron chi connectivity index (χ2n) is 4.32. The standard InChI is InChI=1S/C15H17FN2/c1-3-11-6-4-5-10(2)15(11)18-14-8-7-12(16)9-13(14)17/h4-9,18H,3,17H2,1-2H3. The van der Waals surface area contributed by atoms with Crippen molar-refractivity contribution in [2.75, 3.05) is 11.1 Å². The van der Waals surface area contributed by atoms with Gasteiger partial charge in [-0.3, -0.25) is 0 Å². The van der Waals surface area contributed by atoms with Crippen molar-refractivity contribution >= 4 is 17.1 Å². The Morgan fingerprint density at radius 2 is 2.00 bits per heavy atom. The highest BCUT2D eigenvalue weighted by Crippen LogP contribution is 2.28. The molecule has 18 heavy (non-hydrogen) atoms. The lowest BCUT2D eigenvalue weighted by Gasteiger charge is -2.15. The second kappa shape index (κ2) is 5.08. The zero-order valence-corrected chi connectivity index (χ0v) is 10.6. The maximum Gasteiger partial charge on any atom is 0.125 e. The number of hydrogen-bond acceptors (Lipinski definition) is 2. The smallest absolute Gasteiger partial charge is 0.125 e. The summed E-state index contributed by atoms with van der Waals surface area (Å²) in [6, 6.07) is 10.6. The van der Waals surface area contributed by atoms with Gasteiger partial charge in [-0.25, -0.2) is 4.39 Å². The molecule has 0 bridgehead atoms. The van der Waals surface area contributed by atoms with Crippen LogP contribution in [0, 0.1) is 12.7 Å². The number of hydrogen-bond donors (Lipinski definition) is 2. The summed E-state index contributed by atoms with van der Waals surface area (Å²) in [5, 5.41) is 3.30. The number of halogens is 1. The Morgan fingerprint density at radius 1 is 1.22 bits per heavy atom. The molecule has 2 nitrogen and oxygen atoms in total. The van der Waals surface area contributed by atoms with E-state index in [-0.39, 0.29) is 5.82 Å². The topological polar surface area (TPSA) is 38.0 Å². The number of aryl methyl sites for hydroxylation is 2. The lowest BCUT2D eigenvalue weighted by atomic mass is 10.1. The van der Waals surface area contributed by atoms with Crippen LogP contribution in [0.25, 0.3) is 0 Å². The number of para-hydroxylation sites is 1. The van der Waals surface area contributed by atoms with Gasteiger partial charge in [-0.15, -0.1) is 0 Å². The molecular weight excluding hydrogens is 227 g/mol. The SMILES string of the molecule is CCc1cccc(C)c1Nc1ccc(F)cc1N. The van der Waals surface area contributed by atoms with Gasteiger partial charge in [0.15, 0.2) is 0 Å². The molecule has 0 aliphatic rings. The first-order valence-electron chi connectivity index (χ1n) is 6.02. The number of nitrogens with two attached hydrogens (primary N) is 1. The van der Waals surface area contributed by atoms with Crippen LogP contribution < -0.4 is 11.1 Å². The van der Waals surface area contributed by atoms with Crippen LogP contribution in [0.4, 0.5) is 21.5 Å². The molecule has 0 aliphatic heterocycles. The summed E-state index contributed by atoms with van der Waals surface area (Å²) < 4.78 is 13.0. The van der Waals surface area contributed by atoms with Crippen molar-refractivity contribution in [1.29, 1.82) is 0 Å². The Morgan fingerprint density at radius 3 is 2.67 bits per heavy atom. The molecule has 2 rings (SSSR count). The normalized spacial score (nSPS) is 10.4. The molecule has 2 aromatic carbocycles. The van der Waals surface area contributed by atoms with E-state index in [9.17, 15) is 4.39 Å². The fourth-order valence-electron chi connectivity index (χ4n) is 1.98. The first kappa shape index (κ1) is 12.4. The van der Waals surface area contributed by atoms with Gasteiger partial charge in [0.25, 0.3) is 0 Å². The van der Waals surface area contributed by atoms with Gasteiger partial charge in [0.2, 0.25) is 0 Å². The molecule has 0 saturated carbocycles. The molecule has 3 heteroatoms. The van der Waals surface area contributed by atoms with Gasteiger partial charge in [-0.1, -0.05) is 25.1 Å². The fraction of sp³-hybridized carbons (Fsp3) is 0.200. The second-order valence-corrected chi connectivity index (χ2v) is 4.32. The van der Waals surface area contributed by atoms with Crippen molar-refractivity contribution in [3.63, 3.8) is 0 Å². The minimum Gasteiger partial charge on any atom is -0.397 e. The third kappa shape index (κ3) is 2.45. The Labute approximate surface area is 107 Å². The van der Waals surface area contributed by atoms with Crippen molar-refractivity contribution in [3.05, 3.63) is 53.3 Å². The summed E-state index contributed by atoms with van der Waals surface area (Å²) in [6.45, 7) is 4.15. The van der Waals surface area contributed by atoms with Gasteiger partial charge in [-0.05, 0) is 42.7 Å². The van der Waals surface area contributed by atoms with Crippen LogP contribution >= 0.6 is 0 Å². The highest BCUT2D eigenvalue weighted by atomic mass is 19.1. The largest absolute Gasteiger partial charge is 0.397 e. The maximum atomic E-state index is 13.0. The molecule has 2 aromatic rings. The number of nitrogens with one attached hydrogen (secondary N) is 1. The Kier molecular flexibility index (Phi) is 3.51. The van der Waals surface area contributed by atoms with Crippen LogP contribution in [0.5, 0.6) is 0 Å². The van der Waals surface area contributed by atoms with Gasteiger partial charge in [0, 0.05) is 5.69 Å². The van der Waals surface area contributed by atoms with Crippen LogP contribution in [-0.4, -0.2) is 0 Å². The Bertz CT molecular complexity index is 564. The molecule has 0 atom stereocenters. The van der Waals surface area contributed by atoms with Gasteiger partial charge < -0.3 is 11.1 Å². The van der Waals surface area contributed by atoms with Crippen LogP contribution in [0.2, 0.25) is 0 Å². The lowest BCUT2D eigenvalue weighted by Crippen LogP contribution is -2.01. The quantitative estimate of drug-likeness (QED) is 0.800. The number of benzene rings is 2. The molecule has 0 aromatic heterocycles. The molecule has 94 valence electrons. The van der Waals surface area contributed by atoms with Gasteiger partial charge in [0.1, 0.15) is 5.82 Å². The summed E-state index contributed by atoms with van der Waals surface area (Å²) in [4.78, 5) is 0. The first-order chi connectivity index (χ1) is 8.61. The molecule has 0 saturated heterocycles. The fourth-order valence-corrected chi connectivity index (χ4v) is 1.98. The maximum absolute atomic E-state index is 13.0. The average Bonchev–Trinajstić information content (AvgIpc) is 2.34. The van der Waals surface area contributed by atoms with Crippen molar-refractivity contribution in [2.24, 2.45) is 0 Å². The number of nitrogen functional groups attached to an aromatic ring is 1. The zero-order valence-electron chi connectivity index (χ0n) is 10.6. The van der Waals surface area contributed by atoms with Crippen molar-refractivity contribution < 1.29 is 4.39 Å². The Balaban J connectivity index is 2.39. The number of rotatable bonds is 3. The van der Waals surface area contributed by atoms with E-state index in [1.54, 1.807) is 6.07 Å². The van der Waals surface area contributed by atoms with E-state index >= 15 is 0 Å². The highest BCUT2D eigenvalue weighted by molar-refractivity contribution is 5.75. The van der Waals surface area contributed by atoms with Gasteiger partial charge in [-0.2, -0.15) is 0 Å². The van der Waals surface area contributed by atoms with E-state index < -0.39 is 0 Å². The van der Waals surface area contributed by atoms with Gasteiger partial charge >= 0.3 is 0 Å². The van der Waals surface area contributed by atoms with E-state index in [4.69, 9.17) is 5.73 Å². The van der Waals surface area contributed by atoms with E-state index in [1.807, 2.05) is 19.1 Å². The van der Waals surface area contributed by atoms with Crippen LogP contribution in [-0.2, 0) is 6.42 Å². The predicted octanol–water partition coefficient (Wildman–Crippen LogP) is 4.02. The van der Waals surface area contributed by atoms with Crippen molar-refractivity contribution in [3.8, 4) is 0 Å². The molecular formula is C15H17FN2. The summed E-state index contributed by atoms with van der Waals surface area (Å²) in [5.41, 5.74) is 10.4. The summed E-state index contributed by atoms with van der Waals surface area (Å²) in [7, 11) is 0. The zero-order chi connectivity index (χ0) is 13.1. The molecule has 0 spiro atoms. The minimum absolute atomic E-state index is 0.321. The van der Waals surface area contributed by atoms with Gasteiger partial charge in [0.05, 0.1) is 11.4 Å². The summed E-state index contributed by atoms with van der Waals surface area (Å²) >= 11 is 0. The molecule has 0 aliphatic carbocycles. The molecule has 3 N–H and O–H groups in total.